The molecule has 2 heteroatoms. The molecule has 0 aromatic carbocycles. The van der Waals surface area contributed by atoms with E-state index in [0.717, 1.165) is 42.4 Å². The molecule has 4 rings (SSSR count). The molecule has 0 bridgehead atoms. The Bertz CT molecular complexity index is 463. The minimum Gasteiger partial charge on any atom is -0.393 e. The summed E-state index contributed by atoms with van der Waals surface area (Å²) in [5.74, 6) is 4.30. The lowest BCUT2D eigenvalue weighted by Gasteiger charge is -2.61. The third-order valence-electron chi connectivity index (χ3n) is 9.35. The van der Waals surface area contributed by atoms with Crippen LogP contribution in [0.15, 0.2) is 0 Å². The molecule has 3 N–H and O–H groups in total. The lowest BCUT2D eigenvalue weighted by Crippen LogP contribution is -2.54. The third-order valence-corrected chi connectivity index (χ3v) is 9.35. The first-order chi connectivity index (χ1) is 10.9. The van der Waals surface area contributed by atoms with Gasteiger partial charge >= 0.3 is 0 Å². The number of aliphatic hydroxyl groups excluding tert-OH is 1. The lowest BCUT2D eigenvalue weighted by atomic mass is 9.44. The SMILES string of the molecule is C[C@@H](N)[C@H]1CC[C@H]2[C@@H]3CC[C@H]4C[C@@H](O)CC[C@]4(C)[C@H]3CC[C@]12C. The average molecular weight is 320 g/mol. The van der Waals surface area contributed by atoms with Crippen molar-refractivity contribution >= 4 is 0 Å². The van der Waals surface area contributed by atoms with Crippen molar-refractivity contribution in [3.05, 3.63) is 0 Å². The van der Waals surface area contributed by atoms with Gasteiger partial charge in [-0.15, -0.1) is 0 Å². The Labute approximate surface area is 142 Å². The molecule has 0 aliphatic heterocycles. The predicted octanol–water partition coefficient (Wildman–Crippen LogP) is 4.35. The Hall–Kier alpha value is -0.0800. The van der Waals surface area contributed by atoms with Gasteiger partial charge < -0.3 is 10.8 Å². The van der Waals surface area contributed by atoms with Crippen LogP contribution in [0.25, 0.3) is 0 Å². The molecule has 2 nitrogen and oxygen atoms in total. The minimum absolute atomic E-state index is 0.0209. The van der Waals surface area contributed by atoms with E-state index < -0.39 is 0 Å². The minimum atomic E-state index is -0.0209. The van der Waals surface area contributed by atoms with Crippen LogP contribution < -0.4 is 5.73 Å². The van der Waals surface area contributed by atoms with Crippen molar-refractivity contribution in [1.82, 2.24) is 0 Å². The van der Waals surface area contributed by atoms with Crippen LogP contribution >= 0.6 is 0 Å². The third kappa shape index (κ3) is 2.27. The maximum atomic E-state index is 10.1. The topological polar surface area (TPSA) is 46.2 Å². The number of hydrogen-bond donors (Lipinski definition) is 2. The van der Waals surface area contributed by atoms with Gasteiger partial charge in [0.1, 0.15) is 0 Å². The Balaban J connectivity index is 1.60. The van der Waals surface area contributed by atoms with Crippen LogP contribution in [0.3, 0.4) is 0 Å². The highest BCUT2D eigenvalue weighted by atomic mass is 16.3. The summed E-state index contributed by atoms with van der Waals surface area (Å²) in [6.45, 7) is 7.40. The molecular weight excluding hydrogens is 282 g/mol. The van der Waals surface area contributed by atoms with Gasteiger partial charge in [-0.25, -0.2) is 0 Å². The lowest BCUT2D eigenvalue weighted by molar-refractivity contribution is -0.127. The summed E-state index contributed by atoms with van der Waals surface area (Å²) >= 11 is 0. The zero-order valence-electron chi connectivity index (χ0n) is 15.4. The fourth-order valence-electron chi connectivity index (χ4n) is 8.14. The number of rotatable bonds is 1. The highest BCUT2D eigenvalue weighted by molar-refractivity contribution is 5.10. The normalized spacial score (nSPS) is 57.3. The van der Waals surface area contributed by atoms with E-state index in [1.165, 1.54) is 44.9 Å². The first-order valence-electron chi connectivity index (χ1n) is 10.3. The predicted molar refractivity (Wildman–Crippen MR) is 94.9 cm³/mol. The molecule has 4 saturated carbocycles. The molecule has 9 atom stereocenters. The summed E-state index contributed by atoms with van der Waals surface area (Å²) in [5.41, 5.74) is 7.39. The number of nitrogens with two attached hydrogens (primary N) is 1. The van der Waals surface area contributed by atoms with Crippen LogP contribution in [0.1, 0.15) is 78.6 Å². The number of hydrogen-bond acceptors (Lipinski definition) is 2. The second kappa shape index (κ2) is 5.46. The number of fused-ring (bicyclic) bond motifs is 5. The van der Waals surface area contributed by atoms with Crippen molar-refractivity contribution < 1.29 is 5.11 Å². The highest BCUT2D eigenvalue weighted by Crippen LogP contribution is 2.67. The molecule has 4 fully saturated rings. The summed E-state index contributed by atoms with van der Waals surface area (Å²) in [5, 5.41) is 10.1. The quantitative estimate of drug-likeness (QED) is 0.754. The van der Waals surface area contributed by atoms with Gasteiger partial charge in [0.2, 0.25) is 0 Å². The van der Waals surface area contributed by atoms with Gasteiger partial charge in [0.15, 0.2) is 0 Å². The van der Waals surface area contributed by atoms with E-state index in [2.05, 4.69) is 20.8 Å². The largest absolute Gasteiger partial charge is 0.393 e. The van der Waals surface area contributed by atoms with Crippen molar-refractivity contribution in [2.24, 2.45) is 46.2 Å². The molecule has 23 heavy (non-hydrogen) atoms. The molecule has 0 spiro atoms. The molecule has 0 heterocycles. The Kier molecular flexibility index (Phi) is 3.89. The summed E-state index contributed by atoms with van der Waals surface area (Å²) in [6, 6.07) is 0.360. The summed E-state index contributed by atoms with van der Waals surface area (Å²) in [7, 11) is 0. The molecule has 4 aliphatic rings. The molecule has 4 aliphatic carbocycles. The van der Waals surface area contributed by atoms with E-state index in [1.54, 1.807) is 0 Å². The van der Waals surface area contributed by atoms with Gasteiger partial charge in [-0.2, -0.15) is 0 Å². The van der Waals surface area contributed by atoms with E-state index in [-0.39, 0.29) is 6.10 Å². The fraction of sp³-hybridized carbons (Fsp3) is 1.00. The van der Waals surface area contributed by atoms with Crippen LogP contribution in [-0.2, 0) is 0 Å². The molecule has 0 amide bonds. The Morgan fingerprint density at radius 2 is 1.61 bits per heavy atom. The van der Waals surface area contributed by atoms with E-state index in [1.807, 2.05) is 0 Å². The first-order valence-corrected chi connectivity index (χ1v) is 10.3. The molecule has 0 aromatic heterocycles. The second-order valence-corrected chi connectivity index (χ2v) is 10.2. The van der Waals surface area contributed by atoms with E-state index in [9.17, 15) is 5.11 Å². The standard InChI is InChI=1S/C21H37NO/c1-13(22)17-6-7-18-16-5-4-14-12-15(23)8-10-20(14,2)19(16)9-11-21(17,18)3/h13-19,23H,4-12,22H2,1-3H3/t13-,14+,15+,16+,17-,18+,19+,20+,21-/m1/s1. The summed E-state index contributed by atoms with van der Waals surface area (Å²) in [4.78, 5) is 0. The molecule has 0 unspecified atom stereocenters. The van der Waals surface area contributed by atoms with Crippen molar-refractivity contribution in [2.45, 2.75) is 90.7 Å². The van der Waals surface area contributed by atoms with E-state index >= 15 is 0 Å². The highest BCUT2D eigenvalue weighted by Gasteiger charge is 2.60. The van der Waals surface area contributed by atoms with Crippen molar-refractivity contribution in [2.75, 3.05) is 0 Å². The summed E-state index contributed by atoms with van der Waals surface area (Å²) < 4.78 is 0. The van der Waals surface area contributed by atoms with Gasteiger partial charge in [0, 0.05) is 6.04 Å². The average Bonchev–Trinajstić information content (AvgIpc) is 2.85. The van der Waals surface area contributed by atoms with E-state index in [4.69, 9.17) is 5.73 Å². The van der Waals surface area contributed by atoms with Crippen LogP contribution in [0.2, 0.25) is 0 Å². The van der Waals surface area contributed by atoms with Crippen molar-refractivity contribution in [3.8, 4) is 0 Å². The monoisotopic (exact) mass is 319 g/mol. The maximum absolute atomic E-state index is 10.1. The molecule has 0 aromatic rings. The molecular formula is C21H37NO. The van der Waals surface area contributed by atoms with Crippen molar-refractivity contribution in [3.63, 3.8) is 0 Å². The van der Waals surface area contributed by atoms with Gasteiger partial charge in [0.25, 0.3) is 0 Å². The molecule has 0 saturated heterocycles. The fourth-order valence-corrected chi connectivity index (χ4v) is 8.14. The van der Waals surface area contributed by atoms with Gasteiger partial charge in [-0.3, -0.25) is 0 Å². The zero-order valence-corrected chi connectivity index (χ0v) is 15.4. The van der Waals surface area contributed by atoms with Crippen LogP contribution in [0.5, 0.6) is 0 Å². The van der Waals surface area contributed by atoms with Crippen LogP contribution in [-0.4, -0.2) is 17.3 Å². The van der Waals surface area contributed by atoms with Gasteiger partial charge in [0.05, 0.1) is 6.10 Å². The molecule has 0 radical (unpaired) electrons. The Morgan fingerprint density at radius 1 is 0.913 bits per heavy atom. The van der Waals surface area contributed by atoms with Crippen molar-refractivity contribution in [1.29, 1.82) is 0 Å². The smallest absolute Gasteiger partial charge is 0.0543 e. The van der Waals surface area contributed by atoms with Crippen LogP contribution in [0.4, 0.5) is 0 Å². The van der Waals surface area contributed by atoms with Crippen LogP contribution in [0, 0.1) is 40.4 Å². The van der Waals surface area contributed by atoms with Gasteiger partial charge in [-0.05, 0) is 105 Å². The Morgan fingerprint density at radius 3 is 2.35 bits per heavy atom. The first kappa shape index (κ1) is 16.4. The maximum Gasteiger partial charge on any atom is 0.0543 e. The van der Waals surface area contributed by atoms with E-state index in [0.29, 0.717) is 16.9 Å². The second-order valence-electron chi connectivity index (χ2n) is 10.2. The number of aliphatic hydroxyl groups is 1. The zero-order chi connectivity index (χ0) is 16.4. The molecule has 132 valence electrons. The van der Waals surface area contributed by atoms with Gasteiger partial charge in [-0.1, -0.05) is 13.8 Å². The summed E-state index contributed by atoms with van der Waals surface area (Å²) in [6.07, 6.45) is 11.7.